The third-order valence-corrected chi connectivity index (χ3v) is 15.9. The van der Waals surface area contributed by atoms with Crippen LogP contribution in [0.2, 0.25) is 0 Å². The fraction of sp³-hybridized carbons (Fsp3) is 1.00. The molecule has 0 aromatic heterocycles. The number of halogens is 18. The van der Waals surface area contributed by atoms with E-state index in [1.807, 2.05) is 0 Å². The van der Waals surface area contributed by atoms with Crippen molar-refractivity contribution in [1.29, 1.82) is 0 Å². The van der Waals surface area contributed by atoms with Crippen LogP contribution in [-0.2, 0) is 0 Å². The molecule has 0 amide bonds. The summed E-state index contributed by atoms with van der Waals surface area (Å²) in [4.78, 5) is 0. The molecule has 0 bridgehead atoms. The molecule has 4 rings (SSSR count). The van der Waals surface area contributed by atoms with Gasteiger partial charge in [0.25, 0.3) is 0 Å². The molecule has 0 atom stereocenters. The molecule has 0 heterocycles. The Hall–Kier alpha value is -1.26. The van der Waals surface area contributed by atoms with Crippen LogP contribution >= 0.6 is 0 Å². The molecular weight excluding hydrogens is 918 g/mol. The zero-order valence-corrected chi connectivity index (χ0v) is 38.6. The highest BCUT2D eigenvalue weighted by Gasteiger charge is 2.84. The molecular formula is C48H74F18. The maximum atomic E-state index is 14.2. The summed E-state index contributed by atoms with van der Waals surface area (Å²) in [7, 11) is 0. The SMILES string of the molecule is CCCCCC1CCC(CCC2CCC(C(F)(F)C(F)(F)C(F)(F)C(F)(F)F)CC2)CC1.CCCCCCCC1CCC(CCC2CCC(C(F)(F)C(F)(F)C(F)(F)C(F)(F)F)CC2)CC1. The van der Waals surface area contributed by atoms with E-state index in [9.17, 15) is 79.0 Å². The van der Waals surface area contributed by atoms with Gasteiger partial charge in [-0.2, -0.15) is 79.0 Å². The van der Waals surface area contributed by atoms with Gasteiger partial charge in [0.2, 0.25) is 0 Å². The van der Waals surface area contributed by atoms with Crippen LogP contribution in [0.15, 0.2) is 0 Å². The Morgan fingerprint density at radius 1 is 0.258 bits per heavy atom. The van der Waals surface area contributed by atoms with E-state index in [-0.39, 0.29) is 37.5 Å². The highest BCUT2D eigenvalue weighted by molar-refractivity contribution is 5.05. The van der Waals surface area contributed by atoms with Crippen LogP contribution in [-0.4, -0.2) is 47.9 Å². The van der Waals surface area contributed by atoms with E-state index in [2.05, 4.69) is 13.8 Å². The Labute approximate surface area is 380 Å². The molecule has 0 unspecified atom stereocenters. The minimum Gasteiger partial charge on any atom is -0.199 e. The van der Waals surface area contributed by atoms with E-state index < -0.39 is 85.4 Å². The molecule has 0 spiro atoms. The molecule has 0 N–H and O–H groups in total. The highest BCUT2D eigenvalue weighted by Crippen LogP contribution is 2.59. The fourth-order valence-electron chi connectivity index (χ4n) is 11.2. The fourth-order valence-corrected chi connectivity index (χ4v) is 11.2. The van der Waals surface area contributed by atoms with Crippen LogP contribution in [0.3, 0.4) is 0 Å². The molecule has 0 aromatic carbocycles. The maximum Gasteiger partial charge on any atom is 0.460 e. The van der Waals surface area contributed by atoms with Gasteiger partial charge >= 0.3 is 47.9 Å². The first-order valence-corrected chi connectivity index (χ1v) is 24.9. The zero-order chi connectivity index (χ0) is 49.8. The smallest absolute Gasteiger partial charge is 0.199 e. The van der Waals surface area contributed by atoms with Crippen LogP contribution in [0.25, 0.3) is 0 Å². The minimum absolute atomic E-state index is 0.0279. The van der Waals surface area contributed by atoms with Crippen LogP contribution < -0.4 is 0 Å². The lowest BCUT2D eigenvalue weighted by Crippen LogP contribution is -2.63. The van der Waals surface area contributed by atoms with Gasteiger partial charge in [0, 0.05) is 11.8 Å². The van der Waals surface area contributed by atoms with Gasteiger partial charge in [0.1, 0.15) is 0 Å². The first-order chi connectivity index (χ1) is 30.5. The van der Waals surface area contributed by atoms with E-state index in [0.29, 0.717) is 11.8 Å². The highest BCUT2D eigenvalue weighted by atomic mass is 19.4. The lowest BCUT2D eigenvalue weighted by molar-refractivity contribution is -0.404. The average Bonchev–Trinajstić information content (AvgIpc) is 3.25. The summed E-state index contributed by atoms with van der Waals surface area (Å²) in [6.07, 6.45) is 10.5. The summed E-state index contributed by atoms with van der Waals surface area (Å²) in [5, 5.41) is 0. The summed E-state index contributed by atoms with van der Waals surface area (Å²) < 4.78 is 238. The molecule has 0 aliphatic heterocycles. The van der Waals surface area contributed by atoms with Gasteiger partial charge in [-0.1, -0.05) is 155 Å². The van der Waals surface area contributed by atoms with Gasteiger partial charge in [0.05, 0.1) is 0 Å². The quantitative estimate of drug-likeness (QED) is 0.0749. The summed E-state index contributed by atoms with van der Waals surface area (Å²) in [5.41, 5.74) is 0. The second kappa shape index (κ2) is 24.7. The van der Waals surface area contributed by atoms with Gasteiger partial charge < -0.3 is 0 Å². The third kappa shape index (κ3) is 14.9. The molecule has 0 saturated heterocycles. The van der Waals surface area contributed by atoms with Crippen LogP contribution in [0.5, 0.6) is 0 Å². The normalized spacial score (nSPS) is 28.2. The molecule has 0 nitrogen and oxygen atoms in total. The lowest BCUT2D eigenvalue weighted by atomic mass is 9.73. The van der Waals surface area contributed by atoms with Crippen LogP contribution in [0.4, 0.5) is 79.0 Å². The van der Waals surface area contributed by atoms with E-state index >= 15 is 0 Å². The average molecular weight is 993 g/mol. The largest absolute Gasteiger partial charge is 0.460 e. The molecule has 0 aromatic rings. The number of alkyl halides is 18. The van der Waals surface area contributed by atoms with E-state index in [4.69, 9.17) is 0 Å². The Kier molecular flexibility index (Phi) is 22.1. The first kappa shape index (κ1) is 59.1. The number of unbranched alkanes of at least 4 members (excludes halogenated alkanes) is 6. The first-order valence-electron chi connectivity index (χ1n) is 24.9. The molecule has 4 aliphatic carbocycles. The molecule has 0 radical (unpaired) electrons. The predicted molar refractivity (Wildman–Crippen MR) is 220 cm³/mol. The van der Waals surface area contributed by atoms with E-state index in [1.165, 1.54) is 89.9 Å². The Bertz CT molecular complexity index is 1340. The topological polar surface area (TPSA) is 0 Å². The molecule has 66 heavy (non-hydrogen) atoms. The van der Waals surface area contributed by atoms with Gasteiger partial charge in [-0.3, -0.25) is 0 Å². The van der Waals surface area contributed by atoms with Gasteiger partial charge in [-0.15, -0.1) is 0 Å². The molecule has 4 saturated carbocycles. The zero-order valence-electron chi connectivity index (χ0n) is 38.6. The van der Waals surface area contributed by atoms with Crippen molar-refractivity contribution in [3.63, 3.8) is 0 Å². The van der Waals surface area contributed by atoms with E-state index in [1.54, 1.807) is 0 Å². The van der Waals surface area contributed by atoms with Crippen molar-refractivity contribution in [1.82, 2.24) is 0 Å². The minimum atomic E-state index is -6.78. The van der Waals surface area contributed by atoms with Gasteiger partial charge in [-0.25, -0.2) is 0 Å². The Morgan fingerprint density at radius 3 is 0.727 bits per heavy atom. The summed E-state index contributed by atoms with van der Waals surface area (Å²) in [6.45, 7) is 4.37. The molecule has 18 heteroatoms. The van der Waals surface area contributed by atoms with Crippen molar-refractivity contribution in [2.45, 2.75) is 254 Å². The number of hydrogen-bond donors (Lipinski definition) is 0. The van der Waals surface area contributed by atoms with Gasteiger partial charge in [-0.05, 0) is 86.9 Å². The van der Waals surface area contributed by atoms with Crippen molar-refractivity contribution < 1.29 is 79.0 Å². The summed E-state index contributed by atoms with van der Waals surface area (Å²) >= 11 is 0. The predicted octanol–water partition coefficient (Wildman–Crippen LogP) is 19.6. The lowest BCUT2D eigenvalue weighted by Gasteiger charge is -2.40. The van der Waals surface area contributed by atoms with Crippen molar-refractivity contribution in [3.8, 4) is 0 Å². The molecule has 392 valence electrons. The standard InChI is InChI=1S/C25H39F9.C23H35F9/c1-2-3-4-5-6-7-18-8-10-19(11-9-18)12-13-20-14-16-21(17-15-20)22(26,27)23(28,29)24(30,31)25(32,33)34;1-2-3-4-5-16-6-8-17(9-7-16)10-11-18-12-14-19(15-13-18)20(24,25)21(26,27)22(28,29)23(30,31)32/h18-21H,2-17H2,1H3;16-19H,2-15H2,1H3. The Morgan fingerprint density at radius 2 is 0.470 bits per heavy atom. The third-order valence-electron chi connectivity index (χ3n) is 15.9. The summed E-state index contributed by atoms with van der Waals surface area (Å²) in [5.74, 6) is -39.0. The number of rotatable bonds is 22. The molecule has 4 aliphatic rings. The Balaban J connectivity index is 0.000000351. The maximum absolute atomic E-state index is 14.2. The van der Waals surface area contributed by atoms with Crippen LogP contribution in [0, 0.1) is 47.3 Å². The van der Waals surface area contributed by atoms with Crippen molar-refractivity contribution >= 4 is 0 Å². The van der Waals surface area contributed by atoms with E-state index in [0.717, 1.165) is 63.2 Å². The monoisotopic (exact) mass is 993 g/mol. The molecule has 4 fully saturated rings. The number of hydrogen-bond acceptors (Lipinski definition) is 0. The van der Waals surface area contributed by atoms with Crippen LogP contribution in [0.1, 0.15) is 206 Å². The van der Waals surface area contributed by atoms with Crippen molar-refractivity contribution in [2.24, 2.45) is 47.3 Å². The van der Waals surface area contributed by atoms with Crippen molar-refractivity contribution in [3.05, 3.63) is 0 Å². The second-order valence-electron chi connectivity index (χ2n) is 20.6. The second-order valence-corrected chi connectivity index (χ2v) is 20.6. The van der Waals surface area contributed by atoms with Gasteiger partial charge in [0.15, 0.2) is 0 Å². The summed E-state index contributed by atoms with van der Waals surface area (Å²) in [6, 6.07) is 0. The van der Waals surface area contributed by atoms with Crippen molar-refractivity contribution in [2.75, 3.05) is 0 Å².